The lowest BCUT2D eigenvalue weighted by atomic mass is 10.1. The molecule has 3 nitrogen and oxygen atoms in total. The number of hydrogen-bond acceptors (Lipinski definition) is 2. The van der Waals surface area contributed by atoms with Crippen LogP contribution in [0.1, 0.15) is 17.2 Å². The van der Waals surface area contributed by atoms with Crippen LogP contribution >= 0.6 is 11.6 Å². The second kappa shape index (κ2) is 8.87. The Balaban J connectivity index is 1.81. The predicted molar refractivity (Wildman–Crippen MR) is 91.4 cm³/mol. The number of carbonyl (C=O) groups excluding carboxylic acids is 1. The van der Waals surface area contributed by atoms with Crippen molar-refractivity contribution in [3.8, 4) is 0 Å². The van der Waals surface area contributed by atoms with Crippen LogP contribution in [0.5, 0.6) is 0 Å². The van der Waals surface area contributed by atoms with E-state index in [2.05, 4.69) is 10.6 Å². The van der Waals surface area contributed by atoms with Crippen LogP contribution in [0.2, 0.25) is 5.02 Å². The molecule has 0 bridgehead atoms. The number of amides is 1. The topological polar surface area (TPSA) is 41.1 Å². The van der Waals surface area contributed by atoms with Gasteiger partial charge in [-0.25, -0.2) is 0 Å². The van der Waals surface area contributed by atoms with Gasteiger partial charge in [0.1, 0.15) is 6.04 Å². The van der Waals surface area contributed by atoms with Crippen molar-refractivity contribution in [2.75, 3.05) is 13.1 Å². The van der Waals surface area contributed by atoms with Gasteiger partial charge < -0.3 is 5.32 Å². The van der Waals surface area contributed by atoms with E-state index in [1.165, 1.54) is 24.3 Å². The van der Waals surface area contributed by atoms with Gasteiger partial charge in [-0.15, -0.1) is 0 Å². The number of nitrogens with one attached hydrogen (secondary N) is 2. The van der Waals surface area contributed by atoms with Gasteiger partial charge in [-0.3, -0.25) is 10.1 Å². The molecule has 2 rings (SSSR count). The first-order valence-electron chi connectivity index (χ1n) is 7.72. The maximum atomic E-state index is 13.2. The van der Waals surface area contributed by atoms with Crippen molar-refractivity contribution < 1.29 is 18.0 Å². The van der Waals surface area contributed by atoms with Gasteiger partial charge in [-0.05, 0) is 29.7 Å². The number of benzene rings is 2. The van der Waals surface area contributed by atoms with Gasteiger partial charge >= 0.3 is 6.18 Å². The van der Waals surface area contributed by atoms with Crippen molar-refractivity contribution in [3.63, 3.8) is 0 Å². The molecule has 0 heterocycles. The van der Waals surface area contributed by atoms with Crippen molar-refractivity contribution >= 4 is 17.5 Å². The lowest BCUT2D eigenvalue weighted by molar-refractivity contribution is -0.158. The van der Waals surface area contributed by atoms with Crippen molar-refractivity contribution in [2.45, 2.75) is 18.6 Å². The summed E-state index contributed by atoms with van der Waals surface area (Å²) in [6.45, 7) is -0.0795. The molecule has 0 aliphatic carbocycles. The molecule has 1 atom stereocenters. The third-order valence-corrected chi connectivity index (χ3v) is 3.83. The highest BCUT2D eigenvalue weighted by Gasteiger charge is 2.40. The first-order chi connectivity index (χ1) is 11.9. The fourth-order valence-electron chi connectivity index (χ4n) is 2.32. The minimum atomic E-state index is -4.48. The van der Waals surface area contributed by atoms with E-state index in [-0.39, 0.29) is 5.56 Å². The Bertz CT molecular complexity index is 675. The molecule has 1 amide bonds. The maximum Gasteiger partial charge on any atom is 0.407 e. The standard InChI is InChI=1S/C18H18ClF3N2O/c19-15-8-6-13(7-9-15)10-11-23-16(25)12-24-17(18(20,21)22)14-4-2-1-3-5-14/h1-9,17,24H,10-12H2,(H,23,25). The smallest absolute Gasteiger partial charge is 0.355 e. The molecule has 134 valence electrons. The molecule has 2 aromatic carbocycles. The summed E-state index contributed by atoms with van der Waals surface area (Å²) >= 11 is 5.78. The first-order valence-corrected chi connectivity index (χ1v) is 8.10. The average molecular weight is 371 g/mol. The molecule has 0 radical (unpaired) electrons. The monoisotopic (exact) mass is 370 g/mol. The Morgan fingerprint density at radius 1 is 1.04 bits per heavy atom. The molecule has 0 fully saturated rings. The summed E-state index contributed by atoms with van der Waals surface area (Å²) in [5.41, 5.74) is 1.05. The summed E-state index contributed by atoms with van der Waals surface area (Å²) in [5.74, 6) is -0.487. The molecule has 1 unspecified atom stereocenters. The van der Waals surface area contributed by atoms with Gasteiger partial charge in [0, 0.05) is 11.6 Å². The predicted octanol–water partition coefficient (Wildman–Crippen LogP) is 3.89. The van der Waals surface area contributed by atoms with Gasteiger partial charge in [0.15, 0.2) is 0 Å². The highest BCUT2D eigenvalue weighted by atomic mass is 35.5. The van der Waals surface area contributed by atoms with Gasteiger partial charge in [-0.2, -0.15) is 13.2 Å². The van der Waals surface area contributed by atoms with Crippen molar-refractivity contribution in [1.29, 1.82) is 0 Å². The molecule has 0 spiro atoms. The number of hydrogen-bond donors (Lipinski definition) is 2. The maximum absolute atomic E-state index is 13.2. The lowest BCUT2D eigenvalue weighted by Crippen LogP contribution is -2.41. The SMILES string of the molecule is O=C(CNC(c1ccccc1)C(F)(F)F)NCCc1ccc(Cl)cc1. The number of halogens is 4. The van der Waals surface area contributed by atoms with Crippen LogP contribution in [-0.2, 0) is 11.2 Å². The van der Waals surface area contributed by atoms with Crippen LogP contribution in [0.3, 0.4) is 0 Å². The molecule has 0 aliphatic heterocycles. The van der Waals surface area contributed by atoms with Crippen molar-refractivity contribution in [2.24, 2.45) is 0 Å². The van der Waals surface area contributed by atoms with Crippen LogP contribution in [0.4, 0.5) is 13.2 Å². The van der Waals surface area contributed by atoms with E-state index >= 15 is 0 Å². The molecule has 7 heteroatoms. The second-order valence-electron chi connectivity index (χ2n) is 5.49. The van der Waals surface area contributed by atoms with E-state index < -0.39 is 24.7 Å². The van der Waals surface area contributed by atoms with Crippen LogP contribution in [0, 0.1) is 0 Å². The Kier molecular flexibility index (Phi) is 6.84. The third kappa shape index (κ3) is 6.40. The fraction of sp³-hybridized carbons (Fsp3) is 0.278. The van der Waals surface area contributed by atoms with E-state index in [0.717, 1.165) is 5.56 Å². The average Bonchev–Trinajstić information content (AvgIpc) is 2.56. The number of rotatable bonds is 7. The zero-order valence-electron chi connectivity index (χ0n) is 13.3. The molecule has 0 aromatic heterocycles. The van der Waals surface area contributed by atoms with Crippen molar-refractivity contribution in [3.05, 3.63) is 70.7 Å². The second-order valence-corrected chi connectivity index (χ2v) is 5.93. The van der Waals surface area contributed by atoms with Crippen LogP contribution in [0.25, 0.3) is 0 Å². The minimum absolute atomic E-state index is 0.0731. The van der Waals surface area contributed by atoms with Crippen LogP contribution < -0.4 is 10.6 Å². The van der Waals surface area contributed by atoms with Crippen LogP contribution in [0.15, 0.2) is 54.6 Å². The van der Waals surface area contributed by atoms with E-state index in [0.29, 0.717) is 18.0 Å². The third-order valence-electron chi connectivity index (χ3n) is 3.58. The fourth-order valence-corrected chi connectivity index (χ4v) is 2.45. The summed E-state index contributed by atoms with van der Waals surface area (Å²) in [4.78, 5) is 11.8. The summed E-state index contributed by atoms with van der Waals surface area (Å²) in [5, 5.41) is 5.50. The highest BCUT2D eigenvalue weighted by Crippen LogP contribution is 2.32. The lowest BCUT2D eigenvalue weighted by Gasteiger charge is -2.21. The first kappa shape index (κ1) is 19.3. The zero-order chi connectivity index (χ0) is 18.3. The number of alkyl halides is 3. The molecule has 0 saturated heterocycles. The Morgan fingerprint density at radius 2 is 1.68 bits per heavy atom. The quantitative estimate of drug-likeness (QED) is 0.776. The van der Waals surface area contributed by atoms with E-state index in [4.69, 9.17) is 11.6 Å². The van der Waals surface area contributed by atoms with Gasteiger partial charge in [0.05, 0.1) is 6.54 Å². The van der Waals surface area contributed by atoms with Crippen molar-refractivity contribution in [1.82, 2.24) is 10.6 Å². The Hall–Kier alpha value is -2.05. The van der Waals surface area contributed by atoms with Crippen LogP contribution in [-0.4, -0.2) is 25.2 Å². The number of carbonyl (C=O) groups is 1. The summed E-state index contributed by atoms with van der Waals surface area (Å²) in [6, 6.07) is 12.7. The van der Waals surface area contributed by atoms with Gasteiger partial charge in [0.25, 0.3) is 0 Å². The largest absolute Gasteiger partial charge is 0.407 e. The molecular formula is C18H18ClF3N2O. The Morgan fingerprint density at radius 3 is 2.28 bits per heavy atom. The van der Waals surface area contributed by atoms with E-state index in [1.807, 2.05) is 12.1 Å². The van der Waals surface area contributed by atoms with Gasteiger partial charge in [-0.1, -0.05) is 54.1 Å². The molecule has 0 aliphatic rings. The summed E-state index contributed by atoms with van der Waals surface area (Å²) < 4.78 is 39.5. The van der Waals surface area contributed by atoms with Gasteiger partial charge in [0.2, 0.25) is 5.91 Å². The summed E-state index contributed by atoms with van der Waals surface area (Å²) in [7, 11) is 0. The van der Waals surface area contributed by atoms with E-state index in [9.17, 15) is 18.0 Å². The zero-order valence-corrected chi connectivity index (χ0v) is 14.1. The Labute approximate surface area is 149 Å². The normalized spacial score (nSPS) is 12.6. The summed E-state index contributed by atoms with van der Waals surface area (Å²) in [6.07, 6.45) is -3.91. The molecular weight excluding hydrogens is 353 g/mol. The molecule has 2 N–H and O–H groups in total. The molecule has 25 heavy (non-hydrogen) atoms. The minimum Gasteiger partial charge on any atom is -0.355 e. The molecule has 0 saturated carbocycles. The highest BCUT2D eigenvalue weighted by molar-refractivity contribution is 6.30. The molecule has 2 aromatic rings. The van der Waals surface area contributed by atoms with E-state index in [1.54, 1.807) is 18.2 Å².